The lowest BCUT2D eigenvalue weighted by molar-refractivity contribution is 1.11. The average Bonchev–Trinajstić information content (AvgIpc) is 2.66. The summed E-state index contributed by atoms with van der Waals surface area (Å²) in [5.41, 5.74) is 14.3. The molecule has 4 nitrogen and oxygen atoms in total. The molecule has 0 unspecified atom stereocenters. The molecule has 0 saturated heterocycles. The number of anilines is 3. The fourth-order valence-corrected chi connectivity index (χ4v) is 2.19. The Kier molecular flexibility index (Phi) is 2.96. The Bertz CT molecular complexity index is 492. The summed E-state index contributed by atoms with van der Waals surface area (Å²) in [5, 5.41) is 7.47. The highest BCUT2D eigenvalue weighted by Crippen LogP contribution is 2.17. The summed E-state index contributed by atoms with van der Waals surface area (Å²) in [6, 6.07) is 3.58. The van der Waals surface area contributed by atoms with E-state index < -0.39 is 0 Å². The maximum absolute atomic E-state index is 5.63. The van der Waals surface area contributed by atoms with E-state index in [9.17, 15) is 0 Å². The van der Waals surface area contributed by atoms with Crippen molar-refractivity contribution >= 4 is 28.7 Å². The van der Waals surface area contributed by atoms with Gasteiger partial charge in [0.2, 0.25) is 0 Å². The van der Waals surface area contributed by atoms with Gasteiger partial charge in [0.15, 0.2) is 0 Å². The van der Waals surface area contributed by atoms with Gasteiger partial charge >= 0.3 is 0 Å². The second-order valence-electron chi connectivity index (χ2n) is 3.60. The smallest absolute Gasteiger partial charge is 0.149 e. The van der Waals surface area contributed by atoms with Crippen LogP contribution >= 0.6 is 11.3 Å². The van der Waals surface area contributed by atoms with E-state index in [1.54, 1.807) is 17.4 Å². The molecule has 2 aromatic rings. The molecule has 0 aliphatic rings. The molecule has 0 spiro atoms. The Labute approximate surface area is 98.3 Å². The van der Waals surface area contributed by atoms with Crippen LogP contribution in [0.25, 0.3) is 0 Å². The maximum Gasteiger partial charge on any atom is 0.149 e. The van der Waals surface area contributed by atoms with E-state index in [-0.39, 0.29) is 0 Å². The molecule has 2 heterocycles. The number of nitrogens with zero attached hydrogens (tertiary/aromatic N) is 1. The van der Waals surface area contributed by atoms with E-state index in [1.807, 2.05) is 6.07 Å². The van der Waals surface area contributed by atoms with Gasteiger partial charge in [0, 0.05) is 6.54 Å². The minimum atomic E-state index is 0.368. The topological polar surface area (TPSA) is 77.0 Å². The Morgan fingerprint density at radius 2 is 2.12 bits per heavy atom. The molecule has 2 rings (SSSR count). The highest BCUT2D eigenvalue weighted by Gasteiger charge is 2.01. The van der Waals surface area contributed by atoms with Gasteiger partial charge in [-0.3, -0.25) is 0 Å². The van der Waals surface area contributed by atoms with Crippen molar-refractivity contribution in [3.8, 4) is 0 Å². The average molecular weight is 234 g/mol. The lowest BCUT2D eigenvalue weighted by Gasteiger charge is -2.07. The summed E-state index contributed by atoms with van der Waals surface area (Å²) in [5.74, 6) is 1.12. The third kappa shape index (κ3) is 2.25. The van der Waals surface area contributed by atoms with Crippen LogP contribution in [0.15, 0.2) is 22.9 Å². The largest absolute Gasteiger partial charge is 0.396 e. The predicted molar refractivity (Wildman–Crippen MR) is 69.4 cm³/mol. The lowest BCUT2D eigenvalue weighted by atomic mass is 10.2. The molecule has 5 heteroatoms. The van der Waals surface area contributed by atoms with Crippen molar-refractivity contribution in [1.29, 1.82) is 0 Å². The van der Waals surface area contributed by atoms with Crippen molar-refractivity contribution in [3.05, 3.63) is 34.0 Å². The summed E-state index contributed by atoms with van der Waals surface area (Å²) in [6.07, 6.45) is 0. The lowest BCUT2D eigenvalue weighted by Crippen LogP contribution is -2.04. The molecule has 0 amide bonds. The van der Waals surface area contributed by atoms with Crippen LogP contribution < -0.4 is 16.8 Å². The highest BCUT2D eigenvalue weighted by molar-refractivity contribution is 7.08. The summed E-state index contributed by atoms with van der Waals surface area (Å²) in [7, 11) is 0. The van der Waals surface area contributed by atoms with Gasteiger partial charge in [-0.1, -0.05) is 0 Å². The van der Waals surface area contributed by atoms with Crippen molar-refractivity contribution in [2.24, 2.45) is 0 Å². The molecule has 0 aliphatic heterocycles. The monoisotopic (exact) mass is 234 g/mol. The molecule has 84 valence electrons. The molecule has 16 heavy (non-hydrogen) atoms. The SMILES string of the molecule is Cc1cscc1CNc1ccc(N)c(N)n1. The quantitative estimate of drug-likeness (QED) is 0.761. The Morgan fingerprint density at radius 3 is 2.75 bits per heavy atom. The van der Waals surface area contributed by atoms with Gasteiger partial charge in [-0.05, 0) is 40.9 Å². The Balaban J connectivity index is 2.05. The molecule has 0 saturated carbocycles. The minimum Gasteiger partial charge on any atom is -0.396 e. The van der Waals surface area contributed by atoms with Gasteiger partial charge in [0.05, 0.1) is 5.69 Å². The third-order valence-corrected chi connectivity index (χ3v) is 3.29. The van der Waals surface area contributed by atoms with Crippen LogP contribution in [-0.2, 0) is 6.54 Å². The zero-order valence-electron chi connectivity index (χ0n) is 9.03. The van der Waals surface area contributed by atoms with E-state index >= 15 is 0 Å². The van der Waals surface area contributed by atoms with E-state index in [0.29, 0.717) is 11.5 Å². The number of thiophene rings is 1. The number of hydrogen-bond acceptors (Lipinski definition) is 5. The van der Waals surface area contributed by atoms with Gasteiger partial charge in [0.25, 0.3) is 0 Å². The minimum absolute atomic E-state index is 0.368. The van der Waals surface area contributed by atoms with Gasteiger partial charge in [-0.15, -0.1) is 0 Å². The van der Waals surface area contributed by atoms with Gasteiger partial charge in [-0.2, -0.15) is 11.3 Å². The zero-order valence-corrected chi connectivity index (χ0v) is 9.84. The van der Waals surface area contributed by atoms with Crippen molar-refractivity contribution in [3.63, 3.8) is 0 Å². The van der Waals surface area contributed by atoms with Crippen LogP contribution in [0.4, 0.5) is 17.3 Å². The molecule has 0 atom stereocenters. The third-order valence-electron chi connectivity index (χ3n) is 2.38. The Morgan fingerprint density at radius 1 is 1.31 bits per heavy atom. The number of aromatic nitrogens is 1. The molecular formula is C11H14N4S. The molecule has 0 aliphatic carbocycles. The number of hydrogen-bond donors (Lipinski definition) is 3. The molecule has 0 bridgehead atoms. The first-order valence-electron chi connectivity index (χ1n) is 4.94. The van der Waals surface area contributed by atoms with Gasteiger partial charge < -0.3 is 16.8 Å². The first kappa shape index (κ1) is 10.8. The molecular weight excluding hydrogens is 220 g/mol. The fourth-order valence-electron chi connectivity index (χ4n) is 1.34. The second-order valence-corrected chi connectivity index (χ2v) is 4.35. The normalized spacial score (nSPS) is 10.3. The number of pyridine rings is 1. The van der Waals surface area contributed by atoms with E-state index in [4.69, 9.17) is 11.5 Å². The Hall–Kier alpha value is -1.75. The molecule has 0 radical (unpaired) electrons. The van der Waals surface area contributed by atoms with Crippen LogP contribution in [0.1, 0.15) is 11.1 Å². The summed E-state index contributed by atoms with van der Waals surface area (Å²) >= 11 is 1.70. The van der Waals surface area contributed by atoms with Crippen molar-refractivity contribution in [2.75, 3.05) is 16.8 Å². The summed E-state index contributed by atoms with van der Waals surface area (Å²) < 4.78 is 0. The molecule has 0 fully saturated rings. The standard InChI is InChI=1S/C11H14N4S/c1-7-5-16-6-8(7)4-14-10-3-2-9(12)11(13)15-10/h2-3,5-6H,4,12H2,1H3,(H3,13,14,15). The maximum atomic E-state index is 5.63. The van der Waals surface area contributed by atoms with Gasteiger partial charge in [0.1, 0.15) is 11.6 Å². The number of nitrogens with one attached hydrogen (secondary N) is 1. The van der Waals surface area contributed by atoms with Crippen LogP contribution in [-0.4, -0.2) is 4.98 Å². The number of nitrogens with two attached hydrogens (primary N) is 2. The second kappa shape index (κ2) is 4.40. The zero-order chi connectivity index (χ0) is 11.5. The van der Waals surface area contributed by atoms with Crippen molar-refractivity contribution in [1.82, 2.24) is 4.98 Å². The van der Waals surface area contributed by atoms with Crippen molar-refractivity contribution < 1.29 is 0 Å². The van der Waals surface area contributed by atoms with E-state index in [1.165, 1.54) is 11.1 Å². The number of nitrogen functional groups attached to an aromatic ring is 2. The first-order valence-corrected chi connectivity index (χ1v) is 5.88. The van der Waals surface area contributed by atoms with E-state index in [0.717, 1.165) is 12.4 Å². The van der Waals surface area contributed by atoms with Crippen LogP contribution in [0, 0.1) is 6.92 Å². The van der Waals surface area contributed by atoms with Crippen LogP contribution in [0.3, 0.4) is 0 Å². The van der Waals surface area contributed by atoms with E-state index in [2.05, 4.69) is 28.0 Å². The molecule has 5 N–H and O–H groups in total. The van der Waals surface area contributed by atoms with Crippen LogP contribution in [0.5, 0.6) is 0 Å². The summed E-state index contributed by atoms with van der Waals surface area (Å²) in [4.78, 5) is 4.15. The first-order chi connectivity index (χ1) is 7.66. The molecule has 0 aromatic carbocycles. The van der Waals surface area contributed by atoms with Crippen molar-refractivity contribution in [2.45, 2.75) is 13.5 Å². The summed E-state index contributed by atoms with van der Waals surface area (Å²) in [6.45, 7) is 2.85. The number of aryl methyl sites for hydroxylation is 1. The molecule has 2 aromatic heterocycles. The number of rotatable bonds is 3. The van der Waals surface area contributed by atoms with Gasteiger partial charge in [-0.25, -0.2) is 4.98 Å². The predicted octanol–water partition coefficient (Wildman–Crippen LogP) is 2.23. The highest BCUT2D eigenvalue weighted by atomic mass is 32.1. The fraction of sp³-hybridized carbons (Fsp3) is 0.182. The van der Waals surface area contributed by atoms with Crippen LogP contribution in [0.2, 0.25) is 0 Å².